The third-order valence-electron chi connectivity index (χ3n) is 1.99. The Morgan fingerprint density at radius 3 is 2.43 bits per heavy atom. The molecule has 4 heteroatoms. The minimum Gasteiger partial charge on any atom is -0.507 e. The molecule has 2 aromatic rings. The molecular weight excluding hydrogens is 251 g/mol. The highest BCUT2D eigenvalue weighted by Crippen LogP contribution is 2.35. The van der Waals surface area contributed by atoms with Crippen molar-refractivity contribution in [2.75, 3.05) is 0 Å². The zero-order valence-corrected chi connectivity index (χ0v) is 8.55. The van der Waals surface area contributed by atoms with E-state index in [1.807, 2.05) is 0 Å². The smallest absolute Gasteiger partial charge is 0.136 e. The summed E-state index contributed by atoms with van der Waals surface area (Å²) in [5.41, 5.74) is 0. The molecule has 0 heterocycles. The summed E-state index contributed by atoms with van der Waals surface area (Å²) in [5, 5.41) is 19.2. The average Bonchev–Trinajstić information content (AvgIpc) is 2.10. The van der Waals surface area contributed by atoms with Gasteiger partial charge in [0.2, 0.25) is 0 Å². The van der Waals surface area contributed by atoms with Gasteiger partial charge in [0.1, 0.15) is 17.3 Å². The van der Waals surface area contributed by atoms with Crippen molar-refractivity contribution in [2.24, 2.45) is 0 Å². The number of phenols is 2. The van der Waals surface area contributed by atoms with Crippen LogP contribution < -0.4 is 0 Å². The maximum absolute atomic E-state index is 13.4. The maximum atomic E-state index is 13.4. The topological polar surface area (TPSA) is 40.5 Å². The third kappa shape index (κ3) is 1.32. The fraction of sp³-hybridized carbons (Fsp3) is 0. The molecule has 0 bridgehead atoms. The highest BCUT2D eigenvalue weighted by atomic mass is 79.9. The number of hydrogen-bond acceptors (Lipinski definition) is 2. The van der Waals surface area contributed by atoms with Crippen LogP contribution in [0.4, 0.5) is 4.39 Å². The molecule has 2 aromatic carbocycles. The van der Waals surface area contributed by atoms with Crippen LogP contribution in [0.1, 0.15) is 0 Å². The van der Waals surface area contributed by atoms with Gasteiger partial charge in [-0.25, -0.2) is 4.39 Å². The molecule has 0 spiro atoms. The van der Waals surface area contributed by atoms with Gasteiger partial charge >= 0.3 is 0 Å². The lowest BCUT2D eigenvalue weighted by atomic mass is 10.1. The number of hydrogen-bond donors (Lipinski definition) is 2. The van der Waals surface area contributed by atoms with Crippen LogP contribution in [0.2, 0.25) is 0 Å². The second kappa shape index (κ2) is 3.13. The summed E-state index contributed by atoms with van der Waals surface area (Å²) < 4.78 is 13.9. The number of rotatable bonds is 0. The molecule has 0 aromatic heterocycles. The van der Waals surface area contributed by atoms with E-state index >= 15 is 0 Å². The molecule has 0 fully saturated rings. The van der Waals surface area contributed by atoms with Crippen molar-refractivity contribution in [1.82, 2.24) is 0 Å². The van der Waals surface area contributed by atoms with Crippen LogP contribution >= 0.6 is 15.9 Å². The number of fused-ring (bicyclic) bond motifs is 1. The molecule has 0 aliphatic heterocycles. The number of aromatic hydroxyl groups is 2. The van der Waals surface area contributed by atoms with Crippen molar-refractivity contribution in [3.05, 3.63) is 34.6 Å². The summed E-state index contributed by atoms with van der Waals surface area (Å²) in [6.45, 7) is 0. The Balaban J connectivity index is 3.00. The zero-order chi connectivity index (χ0) is 10.3. The minimum absolute atomic E-state index is 0.0354. The summed E-state index contributed by atoms with van der Waals surface area (Å²) in [6.07, 6.45) is 0. The zero-order valence-electron chi connectivity index (χ0n) is 6.96. The van der Waals surface area contributed by atoms with E-state index in [0.29, 0.717) is 4.47 Å². The second-order valence-corrected chi connectivity index (χ2v) is 3.83. The van der Waals surface area contributed by atoms with Crippen molar-refractivity contribution in [3.63, 3.8) is 0 Å². The first-order valence-electron chi connectivity index (χ1n) is 3.89. The van der Waals surface area contributed by atoms with Crippen LogP contribution in [0.15, 0.2) is 28.7 Å². The van der Waals surface area contributed by atoms with E-state index < -0.39 is 5.82 Å². The fourth-order valence-electron chi connectivity index (χ4n) is 1.37. The molecule has 72 valence electrons. The predicted molar refractivity (Wildman–Crippen MR) is 54.9 cm³/mol. The van der Waals surface area contributed by atoms with Crippen molar-refractivity contribution in [3.8, 4) is 11.5 Å². The number of phenolic OH excluding ortho intramolecular Hbond substituents is 2. The molecular formula is C10H6BrFO2. The van der Waals surface area contributed by atoms with Gasteiger partial charge in [-0.1, -0.05) is 15.9 Å². The molecule has 0 saturated heterocycles. The highest BCUT2D eigenvalue weighted by molar-refractivity contribution is 9.10. The van der Waals surface area contributed by atoms with Crippen molar-refractivity contribution in [1.29, 1.82) is 0 Å². The fourth-order valence-corrected chi connectivity index (χ4v) is 1.80. The Morgan fingerprint density at radius 1 is 1.07 bits per heavy atom. The minimum atomic E-state index is -0.567. The van der Waals surface area contributed by atoms with E-state index in [0.717, 1.165) is 0 Å². The SMILES string of the molecule is Oc1ccc(O)c2c(F)cc(Br)cc12. The third-order valence-corrected chi connectivity index (χ3v) is 2.44. The molecule has 0 saturated carbocycles. The standard InChI is InChI=1S/C10H6BrFO2/c11-5-3-6-8(13)1-2-9(14)10(6)7(12)4-5/h1-4,13-14H. The lowest BCUT2D eigenvalue weighted by Gasteiger charge is -2.05. The Kier molecular flexibility index (Phi) is 2.07. The summed E-state index contributed by atoms with van der Waals surface area (Å²) in [5.74, 6) is -0.802. The summed E-state index contributed by atoms with van der Waals surface area (Å²) in [7, 11) is 0. The van der Waals surface area contributed by atoms with Crippen molar-refractivity contribution < 1.29 is 14.6 Å². The van der Waals surface area contributed by atoms with E-state index in [1.54, 1.807) is 6.07 Å². The quantitative estimate of drug-likeness (QED) is 0.711. The molecule has 0 unspecified atom stereocenters. The van der Waals surface area contributed by atoms with E-state index in [9.17, 15) is 14.6 Å². The van der Waals surface area contributed by atoms with Gasteiger partial charge in [0.05, 0.1) is 5.39 Å². The number of halogens is 2. The van der Waals surface area contributed by atoms with Crippen molar-refractivity contribution >= 4 is 26.7 Å². The average molecular weight is 257 g/mol. The molecule has 0 aliphatic carbocycles. The largest absolute Gasteiger partial charge is 0.507 e. The van der Waals surface area contributed by atoms with Gasteiger partial charge in [-0.15, -0.1) is 0 Å². The molecule has 14 heavy (non-hydrogen) atoms. The van der Waals surface area contributed by atoms with Crippen LogP contribution in [-0.4, -0.2) is 10.2 Å². The molecule has 2 N–H and O–H groups in total. The maximum Gasteiger partial charge on any atom is 0.136 e. The Hall–Kier alpha value is -1.29. The Labute approximate surface area is 87.7 Å². The van der Waals surface area contributed by atoms with Gasteiger partial charge in [0.25, 0.3) is 0 Å². The van der Waals surface area contributed by atoms with E-state index in [-0.39, 0.29) is 22.3 Å². The molecule has 0 aliphatic rings. The first-order valence-corrected chi connectivity index (χ1v) is 4.68. The van der Waals surface area contributed by atoms with Crippen LogP contribution in [0.5, 0.6) is 11.5 Å². The lowest BCUT2D eigenvalue weighted by Crippen LogP contribution is -1.82. The Morgan fingerprint density at radius 2 is 1.71 bits per heavy atom. The van der Waals surface area contributed by atoms with Gasteiger partial charge in [0.15, 0.2) is 0 Å². The first-order chi connectivity index (χ1) is 6.59. The van der Waals surface area contributed by atoms with Crippen LogP contribution in [0.25, 0.3) is 10.8 Å². The molecule has 0 radical (unpaired) electrons. The van der Waals surface area contributed by atoms with E-state index in [2.05, 4.69) is 15.9 Å². The molecule has 0 amide bonds. The first kappa shape index (κ1) is 9.27. The summed E-state index contributed by atoms with van der Waals surface area (Å²) in [6, 6.07) is 5.37. The van der Waals surface area contributed by atoms with Crippen LogP contribution in [0, 0.1) is 5.82 Å². The Bertz CT molecular complexity index is 511. The lowest BCUT2D eigenvalue weighted by molar-refractivity contribution is 0.467. The molecule has 0 atom stereocenters. The summed E-state index contributed by atoms with van der Waals surface area (Å²) in [4.78, 5) is 0. The predicted octanol–water partition coefficient (Wildman–Crippen LogP) is 3.15. The van der Waals surface area contributed by atoms with Gasteiger partial charge < -0.3 is 10.2 Å². The summed E-state index contributed by atoms with van der Waals surface area (Å²) >= 11 is 3.11. The van der Waals surface area contributed by atoms with Gasteiger partial charge in [-0.05, 0) is 24.3 Å². The van der Waals surface area contributed by atoms with Crippen LogP contribution in [0.3, 0.4) is 0 Å². The van der Waals surface area contributed by atoms with Gasteiger partial charge in [-0.2, -0.15) is 0 Å². The van der Waals surface area contributed by atoms with E-state index in [1.165, 1.54) is 18.2 Å². The van der Waals surface area contributed by atoms with Crippen molar-refractivity contribution in [2.45, 2.75) is 0 Å². The monoisotopic (exact) mass is 256 g/mol. The van der Waals surface area contributed by atoms with Crippen LogP contribution in [-0.2, 0) is 0 Å². The van der Waals surface area contributed by atoms with E-state index in [4.69, 9.17) is 0 Å². The van der Waals surface area contributed by atoms with Gasteiger partial charge in [0, 0.05) is 9.86 Å². The number of benzene rings is 2. The van der Waals surface area contributed by atoms with Gasteiger partial charge in [-0.3, -0.25) is 0 Å². The molecule has 2 nitrogen and oxygen atoms in total. The molecule has 2 rings (SSSR count). The second-order valence-electron chi connectivity index (χ2n) is 2.91. The normalized spacial score (nSPS) is 10.7. The highest BCUT2D eigenvalue weighted by Gasteiger charge is 2.10.